The van der Waals surface area contributed by atoms with Crippen LogP contribution in [0.15, 0.2) is 24.3 Å². The number of carbonyl (C=O) groups excluding carboxylic acids is 1. The number of nitrogens with one attached hydrogen (secondary N) is 1. The summed E-state index contributed by atoms with van der Waals surface area (Å²) in [5.41, 5.74) is 0.753. The van der Waals surface area contributed by atoms with Crippen LogP contribution in [0.4, 0.5) is 5.69 Å². The Morgan fingerprint density at radius 1 is 1.39 bits per heavy atom. The lowest BCUT2D eigenvalue weighted by atomic mass is 10.3. The SMILES string of the molecule is CCOc1ccccc1NC(=O)C1SCSCS1. The summed E-state index contributed by atoms with van der Waals surface area (Å²) in [4.78, 5) is 12.1. The van der Waals surface area contributed by atoms with E-state index in [2.05, 4.69) is 5.32 Å². The number of hydrogen-bond acceptors (Lipinski definition) is 5. The van der Waals surface area contributed by atoms with Crippen molar-refractivity contribution in [2.24, 2.45) is 0 Å². The van der Waals surface area contributed by atoms with Crippen molar-refractivity contribution in [2.45, 2.75) is 11.5 Å². The smallest absolute Gasteiger partial charge is 0.247 e. The second-order valence-electron chi connectivity index (χ2n) is 3.52. The van der Waals surface area contributed by atoms with Gasteiger partial charge in [0.2, 0.25) is 5.91 Å². The molecule has 1 aliphatic heterocycles. The Kier molecular flexibility index (Phi) is 5.59. The summed E-state index contributed by atoms with van der Waals surface area (Å²) in [5.74, 6) is 0.783. The van der Waals surface area contributed by atoms with Crippen LogP contribution in [0, 0.1) is 0 Å². The molecule has 1 N–H and O–H groups in total. The zero-order valence-corrected chi connectivity index (χ0v) is 12.5. The van der Waals surface area contributed by atoms with Crippen molar-refractivity contribution in [3.05, 3.63) is 24.3 Å². The van der Waals surface area contributed by atoms with E-state index in [0.717, 1.165) is 21.6 Å². The number of anilines is 1. The second-order valence-corrected chi connectivity index (χ2v) is 7.73. The predicted octanol–water partition coefficient (Wildman–Crippen LogP) is 3.48. The Balaban J connectivity index is 2.01. The number of amides is 1. The number of ether oxygens (including phenoxy) is 1. The van der Waals surface area contributed by atoms with Gasteiger partial charge in [0.1, 0.15) is 10.3 Å². The molecule has 0 aliphatic carbocycles. The summed E-state index contributed by atoms with van der Waals surface area (Å²) in [5, 5.41) is 4.92. The standard InChI is InChI=1S/C12H15NO2S3/c1-2-15-10-6-4-3-5-9(10)13-11(14)12-17-7-16-8-18-12/h3-6,12H,2,7-8H2,1H3,(H,13,14). The van der Waals surface area contributed by atoms with Gasteiger partial charge in [0.25, 0.3) is 0 Å². The molecule has 0 atom stereocenters. The number of hydrogen-bond donors (Lipinski definition) is 1. The van der Waals surface area contributed by atoms with E-state index in [9.17, 15) is 4.79 Å². The van der Waals surface area contributed by atoms with E-state index < -0.39 is 0 Å². The third-order valence-corrected chi connectivity index (χ3v) is 6.54. The lowest BCUT2D eigenvalue weighted by molar-refractivity contribution is -0.114. The highest BCUT2D eigenvalue weighted by Crippen LogP contribution is 2.37. The molecule has 1 aliphatic rings. The molecule has 6 heteroatoms. The molecule has 3 nitrogen and oxygen atoms in total. The van der Waals surface area contributed by atoms with Crippen molar-refractivity contribution in [3.63, 3.8) is 0 Å². The lowest BCUT2D eigenvalue weighted by Crippen LogP contribution is -2.24. The van der Waals surface area contributed by atoms with Crippen LogP contribution in [0.3, 0.4) is 0 Å². The minimum atomic E-state index is -0.0130. The highest BCUT2D eigenvalue weighted by Gasteiger charge is 2.23. The molecule has 2 rings (SSSR count). The zero-order chi connectivity index (χ0) is 12.8. The Morgan fingerprint density at radius 3 is 2.83 bits per heavy atom. The van der Waals surface area contributed by atoms with E-state index in [1.807, 2.05) is 43.0 Å². The third kappa shape index (κ3) is 3.76. The molecule has 1 heterocycles. The molecule has 0 spiro atoms. The van der Waals surface area contributed by atoms with Crippen molar-refractivity contribution in [1.82, 2.24) is 0 Å². The quantitative estimate of drug-likeness (QED) is 0.921. The molecule has 0 saturated carbocycles. The first kappa shape index (κ1) is 14.0. The van der Waals surface area contributed by atoms with E-state index >= 15 is 0 Å². The Hall–Kier alpha value is -0.460. The minimum absolute atomic E-state index is 0.0130. The fourth-order valence-corrected chi connectivity index (χ4v) is 5.94. The van der Waals surface area contributed by atoms with Gasteiger partial charge in [-0.15, -0.1) is 35.3 Å². The number of rotatable bonds is 4. The van der Waals surface area contributed by atoms with Gasteiger partial charge < -0.3 is 10.1 Å². The van der Waals surface area contributed by atoms with E-state index in [0.29, 0.717) is 6.61 Å². The molecule has 1 aromatic carbocycles. The van der Waals surface area contributed by atoms with Crippen molar-refractivity contribution >= 4 is 46.9 Å². The average molecular weight is 301 g/mol. The summed E-state index contributed by atoms with van der Waals surface area (Å²) >= 11 is 5.22. The van der Waals surface area contributed by atoms with Gasteiger partial charge in [0, 0.05) is 10.2 Å². The Bertz CT molecular complexity index is 408. The van der Waals surface area contributed by atoms with Gasteiger partial charge in [0.05, 0.1) is 12.3 Å². The molecule has 0 unspecified atom stereocenters. The minimum Gasteiger partial charge on any atom is -0.492 e. The van der Waals surface area contributed by atoms with Gasteiger partial charge >= 0.3 is 0 Å². The summed E-state index contributed by atoms with van der Waals surface area (Å²) in [6.45, 7) is 2.53. The fraction of sp³-hybridized carbons (Fsp3) is 0.417. The molecule has 98 valence electrons. The number of thioether (sulfide) groups is 3. The third-order valence-electron chi connectivity index (χ3n) is 2.26. The molecule has 0 radical (unpaired) electrons. The summed E-state index contributed by atoms with van der Waals surface area (Å²) in [7, 11) is 0. The monoisotopic (exact) mass is 301 g/mol. The molecule has 1 fully saturated rings. The maximum absolute atomic E-state index is 12.1. The molecule has 1 amide bonds. The van der Waals surface area contributed by atoms with Crippen LogP contribution in [0.25, 0.3) is 0 Å². The highest BCUT2D eigenvalue weighted by atomic mass is 32.3. The normalized spacial score (nSPS) is 16.3. The molecule has 1 saturated heterocycles. The highest BCUT2D eigenvalue weighted by molar-refractivity contribution is 8.33. The van der Waals surface area contributed by atoms with E-state index in [4.69, 9.17) is 4.74 Å². The van der Waals surface area contributed by atoms with Gasteiger partial charge in [-0.2, -0.15) is 0 Å². The molecule has 1 aromatic rings. The van der Waals surface area contributed by atoms with Gasteiger partial charge in [0.15, 0.2) is 0 Å². The molecule has 18 heavy (non-hydrogen) atoms. The van der Waals surface area contributed by atoms with Crippen molar-refractivity contribution in [1.29, 1.82) is 0 Å². The van der Waals surface area contributed by atoms with Gasteiger partial charge in [-0.3, -0.25) is 4.79 Å². The zero-order valence-electron chi connectivity index (χ0n) is 10.0. The maximum Gasteiger partial charge on any atom is 0.247 e. The Morgan fingerprint density at radius 2 is 2.11 bits per heavy atom. The fourth-order valence-electron chi connectivity index (χ4n) is 1.50. The number of carbonyl (C=O) groups is 1. The maximum atomic E-state index is 12.1. The summed E-state index contributed by atoms with van der Waals surface area (Å²) < 4.78 is 5.48. The van der Waals surface area contributed by atoms with Gasteiger partial charge in [-0.1, -0.05) is 12.1 Å². The summed E-state index contributed by atoms with van der Waals surface area (Å²) in [6.07, 6.45) is 0. The van der Waals surface area contributed by atoms with Crippen LogP contribution in [0.5, 0.6) is 5.75 Å². The first-order chi connectivity index (χ1) is 8.81. The summed E-state index contributed by atoms with van der Waals surface area (Å²) in [6, 6.07) is 7.54. The van der Waals surface area contributed by atoms with Crippen LogP contribution in [0.1, 0.15) is 6.92 Å². The first-order valence-electron chi connectivity index (χ1n) is 5.65. The van der Waals surface area contributed by atoms with Crippen LogP contribution < -0.4 is 10.1 Å². The van der Waals surface area contributed by atoms with Crippen molar-refractivity contribution in [2.75, 3.05) is 22.1 Å². The second kappa shape index (κ2) is 7.21. The first-order valence-corrected chi connectivity index (χ1v) is 8.90. The molecular weight excluding hydrogens is 286 g/mol. The lowest BCUT2D eigenvalue weighted by Gasteiger charge is -2.20. The van der Waals surface area contributed by atoms with Crippen LogP contribution in [0.2, 0.25) is 0 Å². The van der Waals surface area contributed by atoms with E-state index in [-0.39, 0.29) is 10.5 Å². The van der Waals surface area contributed by atoms with E-state index in [1.54, 1.807) is 23.5 Å². The molecule has 0 bridgehead atoms. The van der Waals surface area contributed by atoms with Crippen molar-refractivity contribution in [3.8, 4) is 5.75 Å². The van der Waals surface area contributed by atoms with Crippen LogP contribution in [-0.4, -0.2) is 27.3 Å². The van der Waals surface area contributed by atoms with Crippen LogP contribution in [-0.2, 0) is 4.79 Å². The van der Waals surface area contributed by atoms with E-state index in [1.165, 1.54) is 0 Å². The van der Waals surface area contributed by atoms with Crippen LogP contribution >= 0.6 is 35.3 Å². The number of para-hydroxylation sites is 2. The average Bonchev–Trinajstić information content (AvgIpc) is 2.42. The molecule has 0 aromatic heterocycles. The van der Waals surface area contributed by atoms with Crippen molar-refractivity contribution < 1.29 is 9.53 Å². The largest absolute Gasteiger partial charge is 0.492 e. The topological polar surface area (TPSA) is 38.3 Å². The Labute approximate surface area is 120 Å². The predicted molar refractivity (Wildman–Crippen MR) is 82.5 cm³/mol. The molecular formula is C12H15NO2S3. The number of benzene rings is 1. The van der Waals surface area contributed by atoms with Gasteiger partial charge in [-0.25, -0.2) is 0 Å². The van der Waals surface area contributed by atoms with Gasteiger partial charge in [-0.05, 0) is 19.1 Å².